The van der Waals surface area contributed by atoms with E-state index in [0.29, 0.717) is 12.8 Å². The number of hydrogen-bond donors (Lipinski definition) is 0. The Morgan fingerprint density at radius 1 is 1.12 bits per heavy atom. The highest BCUT2D eigenvalue weighted by Gasteiger charge is 2.47. The summed E-state index contributed by atoms with van der Waals surface area (Å²) in [5.41, 5.74) is -0.766. The number of methoxy groups -OCH3 is 1. The van der Waals surface area contributed by atoms with Gasteiger partial charge >= 0.3 is 5.97 Å². The van der Waals surface area contributed by atoms with Crippen LogP contribution >= 0.6 is 0 Å². The number of ether oxygens (including phenoxy) is 1. The minimum atomic E-state index is -1.96. The van der Waals surface area contributed by atoms with Crippen LogP contribution in [-0.2, 0) is 14.0 Å². The molecule has 0 fully saturated rings. The normalized spacial score (nSPS) is 13.6. The maximum absolute atomic E-state index is 12.0. The molecule has 0 aliphatic carbocycles. The highest BCUT2D eigenvalue weighted by Crippen LogP contribution is 2.41. The maximum Gasteiger partial charge on any atom is 0.336 e. The van der Waals surface area contributed by atoms with Gasteiger partial charge in [-0.3, -0.25) is 0 Å². The second-order valence-corrected chi connectivity index (χ2v) is 10.8. The van der Waals surface area contributed by atoms with Gasteiger partial charge in [-0.2, -0.15) is 0 Å². The van der Waals surface area contributed by atoms with Gasteiger partial charge in [0, 0.05) is 0 Å². The van der Waals surface area contributed by atoms with Crippen molar-refractivity contribution in [2.24, 2.45) is 0 Å². The summed E-state index contributed by atoms with van der Waals surface area (Å²) in [5, 5.41) is 0.0939. The Morgan fingerprint density at radius 3 is 1.76 bits per heavy atom. The molecule has 17 heavy (non-hydrogen) atoms. The Kier molecular flexibility index (Phi) is 5.41. The fourth-order valence-corrected chi connectivity index (χ4v) is 3.21. The maximum atomic E-state index is 12.0. The van der Waals surface area contributed by atoms with Crippen LogP contribution in [0.25, 0.3) is 0 Å². The highest BCUT2D eigenvalue weighted by atomic mass is 28.4. The predicted molar refractivity (Wildman–Crippen MR) is 73.6 cm³/mol. The topological polar surface area (TPSA) is 35.5 Å². The molecule has 0 aromatic heterocycles. The number of esters is 1. The average Bonchev–Trinajstić information content (AvgIpc) is 2.23. The van der Waals surface area contributed by atoms with Crippen molar-refractivity contribution < 1.29 is 14.0 Å². The second kappa shape index (κ2) is 5.53. The molecule has 4 heteroatoms. The smallest absolute Gasteiger partial charge is 0.336 e. The van der Waals surface area contributed by atoms with Gasteiger partial charge in [0.2, 0.25) is 0 Å². The Morgan fingerprint density at radius 2 is 1.53 bits per heavy atom. The zero-order valence-electron chi connectivity index (χ0n) is 12.6. The number of rotatable bonds is 5. The van der Waals surface area contributed by atoms with E-state index in [1.165, 1.54) is 7.11 Å². The molecule has 0 saturated carbocycles. The van der Waals surface area contributed by atoms with Crippen molar-refractivity contribution >= 4 is 14.3 Å². The van der Waals surface area contributed by atoms with Crippen molar-refractivity contribution in [2.45, 2.75) is 71.2 Å². The molecule has 0 unspecified atom stereocenters. The lowest BCUT2D eigenvalue weighted by atomic mass is 9.98. The van der Waals surface area contributed by atoms with Gasteiger partial charge in [0.15, 0.2) is 13.9 Å². The summed E-state index contributed by atoms with van der Waals surface area (Å²) in [6.07, 6.45) is 1.31. The van der Waals surface area contributed by atoms with Crippen LogP contribution in [0.1, 0.15) is 47.5 Å². The third-order valence-corrected chi connectivity index (χ3v) is 8.47. The van der Waals surface area contributed by atoms with Gasteiger partial charge in [0.05, 0.1) is 7.11 Å². The quantitative estimate of drug-likeness (QED) is 0.558. The molecule has 102 valence electrons. The molecule has 3 nitrogen and oxygen atoms in total. The van der Waals surface area contributed by atoms with Crippen LogP contribution in [0.3, 0.4) is 0 Å². The SMILES string of the molecule is CCC(CC)(O[Si](C)(C)C(C)(C)C)C(=O)OC. The molecule has 0 radical (unpaired) electrons. The Hall–Kier alpha value is -0.353. The van der Waals surface area contributed by atoms with E-state index in [4.69, 9.17) is 9.16 Å². The van der Waals surface area contributed by atoms with Crippen LogP contribution in [0.5, 0.6) is 0 Å². The lowest BCUT2D eigenvalue weighted by Gasteiger charge is -2.43. The van der Waals surface area contributed by atoms with Gasteiger partial charge in [-0.15, -0.1) is 0 Å². The first-order valence-corrected chi connectivity index (χ1v) is 9.25. The largest absolute Gasteiger partial charge is 0.467 e. The summed E-state index contributed by atoms with van der Waals surface area (Å²) in [4.78, 5) is 12.0. The van der Waals surface area contributed by atoms with E-state index in [2.05, 4.69) is 33.9 Å². The lowest BCUT2D eigenvalue weighted by Crippen LogP contribution is -2.53. The average molecular weight is 260 g/mol. The van der Waals surface area contributed by atoms with Gasteiger partial charge in [-0.05, 0) is 31.0 Å². The van der Waals surface area contributed by atoms with Gasteiger partial charge in [-0.1, -0.05) is 34.6 Å². The van der Waals surface area contributed by atoms with E-state index in [0.717, 1.165) is 0 Å². The van der Waals surface area contributed by atoms with Crippen molar-refractivity contribution in [3.63, 3.8) is 0 Å². The third-order valence-electron chi connectivity index (χ3n) is 3.96. The van der Waals surface area contributed by atoms with E-state index in [1.807, 2.05) is 13.8 Å². The molecule has 0 bridgehead atoms. The molecule has 0 spiro atoms. The van der Waals surface area contributed by atoms with E-state index in [1.54, 1.807) is 0 Å². The molecular weight excluding hydrogens is 232 g/mol. The zero-order chi connectivity index (χ0) is 13.9. The molecular formula is C13H28O3Si. The minimum Gasteiger partial charge on any atom is -0.467 e. The summed E-state index contributed by atoms with van der Waals surface area (Å²) in [7, 11) is -0.534. The molecule has 0 atom stereocenters. The first-order chi connectivity index (χ1) is 7.56. The van der Waals surface area contributed by atoms with Crippen molar-refractivity contribution in [1.29, 1.82) is 0 Å². The number of hydrogen-bond acceptors (Lipinski definition) is 3. The van der Waals surface area contributed by atoms with Crippen molar-refractivity contribution in [2.75, 3.05) is 7.11 Å². The molecule has 0 heterocycles. The molecule has 0 amide bonds. The molecule has 0 aromatic rings. The molecule has 0 saturated heterocycles. The molecule has 0 N–H and O–H groups in total. The minimum absolute atomic E-state index is 0.0939. The summed E-state index contributed by atoms with van der Waals surface area (Å²) in [5.74, 6) is -0.243. The van der Waals surface area contributed by atoms with Crippen molar-refractivity contribution in [1.82, 2.24) is 0 Å². The van der Waals surface area contributed by atoms with Gasteiger partial charge in [-0.25, -0.2) is 4.79 Å². The van der Waals surface area contributed by atoms with E-state index < -0.39 is 13.9 Å². The molecule has 0 aromatic carbocycles. The number of carbonyl (C=O) groups excluding carboxylic acids is 1. The van der Waals surface area contributed by atoms with Crippen LogP contribution in [0.4, 0.5) is 0 Å². The summed E-state index contributed by atoms with van der Waals surface area (Å²) < 4.78 is 11.2. The van der Waals surface area contributed by atoms with Crippen LogP contribution in [0.15, 0.2) is 0 Å². The standard InChI is InChI=1S/C13H28O3Si/c1-9-13(10-2,11(14)15-6)16-17(7,8)12(3,4)5/h9-10H2,1-8H3. The summed E-state index contributed by atoms with van der Waals surface area (Å²) in [6, 6.07) is 0. The van der Waals surface area contributed by atoms with Crippen LogP contribution in [-0.4, -0.2) is 27.0 Å². The van der Waals surface area contributed by atoms with Crippen LogP contribution < -0.4 is 0 Å². The fraction of sp³-hybridized carbons (Fsp3) is 0.923. The first-order valence-electron chi connectivity index (χ1n) is 6.35. The van der Waals surface area contributed by atoms with E-state index >= 15 is 0 Å². The number of carbonyl (C=O) groups is 1. The summed E-state index contributed by atoms with van der Waals surface area (Å²) >= 11 is 0. The lowest BCUT2D eigenvalue weighted by molar-refractivity contribution is -0.161. The first kappa shape index (κ1) is 16.6. The highest BCUT2D eigenvalue weighted by molar-refractivity contribution is 6.74. The van der Waals surface area contributed by atoms with Gasteiger partial charge in [0.1, 0.15) is 0 Å². The van der Waals surface area contributed by atoms with Crippen LogP contribution in [0.2, 0.25) is 18.1 Å². The Bertz CT molecular complexity index is 262. The molecule has 0 aliphatic heterocycles. The van der Waals surface area contributed by atoms with Gasteiger partial charge < -0.3 is 9.16 Å². The Labute approximate surface area is 107 Å². The van der Waals surface area contributed by atoms with E-state index in [-0.39, 0.29) is 11.0 Å². The van der Waals surface area contributed by atoms with Crippen molar-refractivity contribution in [3.05, 3.63) is 0 Å². The van der Waals surface area contributed by atoms with Gasteiger partial charge in [0.25, 0.3) is 0 Å². The Balaban J connectivity index is 5.21. The fourth-order valence-electron chi connectivity index (χ4n) is 1.55. The second-order valence-electron chi connectivity index (χ2n) is 6.06. The van der Waals surface area contributed by atoms with Crippen molar-refractivity contribution in [3.8, 4) is 0 Å². The monoisotopic (exact) mass is 260 g/mol. The van der Waals surface area contributed by atoms with E-state index in [9.17, 15) is 4.79 Å². The predicted octanol–water partition coefficient (Wildman–Crippen LogP) is 3.74. The zero-order valence-corrected chi connectivity index (χ0v) is 13.6. The van der Waals surface area contributed by atoms with Crippen LogP contribution in [0, 0.1) is 0 Å². The molecule has 0 rings (SSSR count). The molecule has 0 aliphatic rings. The third kappa shape index (κ3) is 3.55. The summed E-state index contributed by atoms with van der Waals surface area (Å²) in [6.45, 7) is 14.8.